The molecule has 1 aromatic carbocycles. The lowest BCUT2D eigenvalue weighted by Gasteiger charge is -2.31. The van der Waals surface area contributed by atoms with Crippen LogP contribution in [0.3, 0.4) is 0 Å². The average Bonchev–Trinajstić information content (AvgIpc) is 2.49. The first-order chi connectivity index (χ1) is 10.6. The third-order valence-corrected chi connectivity index (χ3v) is 4.08. The van der Waals surface area contributed by atoms with Crippen LogP contribution in [0.25, 0.3) is 0 Å². The summed E-state index contributed by atoms with van der Waals surface area (Å²) in [5, 5.41) is 5.65. The minimum Gasteiger partial charge on any atom is -0.322 e. The van der Waals surface area contributed by atoms with Crippen LogP contribution in [0.15, 0.2) is 18.2 Å². The Morgan fingerprint density at radius 3 is 2.61 bits per heavy atom. The zero-order valence-electron chi connectivity index (χ0n) is 13.3. The molecular weight excluding hydrogens is 324 g/mol. The first-order valence-electron chi connectivity index (χ1n) is 7.70. The Balaban J connectivity index is 0.00000264. The van der Waals surface area contributed by atoms with E-state index in [1.807, 2.05) is 7.05 Å². The topological polar surface area (TPSA) is 44.4 Å². The molecule has 1 amide bonds. The lowest BCUT2D eigenvalue weighted by molar-refractivity contribution is -0.117. The van der Waals surface area contributed by atoms with Crippen LogP contribution in [0.1, 0.15) is 19.3 Å². The lowest BCUT2D eigenvalue weighted by atomic mass is 9.93. The van der Waals surface area contributed by atoms with Gasteiger partial charge in [0.1, 0.15) is 11.6 Å². The number of carbonyl (C=O) groups is 1. The van der Waals surface area contributed by atoms with E-state index in [4.69, 9.17) is 0 Å². The van der Waals surface area contributed by atoms with Crippen molar-refractivity contribution in [1.29, 1.82) is 0 Å². The summed E-state index contributed by atoms with van der Waals surface area (Å²) in [6, 6.07) is 3.14. The number of hydrogen-bond donors (Lipinski definition) is 2. The number of rotatable bonds is 6. The van der Waals surface area contributed by atoms with Crippen molar-refractivity contribution >= 4 is 24.0 Å². The zero-order valence-corrected chi connectivity index (χ0v) is 14.1. The second kappa shape index (κ2) is 9.80. The molecule has 0 saturated carbocycles. The van der Waals surface area contributed by atoms with Gasteiger partial charge in [-0.05, 0) is 64.0 Å². The smallest absolute Gasteiger partial charge is 0.238 e. The number of piperidine rings is 1. The minimum absolute atomic E-state index is 0. The Hall–Kier alpha value is -1.24. The van der Waals surface area contributed by atoms with Crippen LogP contribution in [0.4, 0.5) is 14.5 Å². The summed E-state index contributed by atoms with van der Waals surface area (Å²) in [4.78, 5) is 14.0. The first kappa shape index (κ1) is 19.8. The highest BCUT2D eigenvalue weighted by Crippen LogP contribution is 2.20. The maximum Gasteiger partial charge on any atom is 0.238 e. The van der Waals surface area contributed by atoms with E-state index in [1.54, 1.807) is 0 Å². The normalized spacial score (nSPS) is 16.0. The number of anilines is 1. The van der Waals surface area contributed by atoms with Gasteiger partial charge in [-0.1, -0.05) is 0 Å². The van der Waals surface area contributed by atoms with Gasteiger partial charge in [0.15, 0.2) is 0 Å². The standard InChI is InChI=1S/C16H23F2N3O.ClH/c1-19-7-4-12-5-8-21(9-6-12)11-16(22)20-15-3-2-13(17)10-14(15)18;/h2-3,10,12,19H,4-9,11H2,1H3,(H,20,22);1H. The fourth-order valence-electron chi connectivity index (χ4n) is 2.77. The van der Waals surface area contributed by atoms with Crippen LogP contribution in [0.5, 0.6) is 0 Å². The summed E-state index contributed by atoms with van der Waals surface area (Å²) < 4.78 is 26.3. The van der Waals surface area contributed by atoms with Crippen LogP contribution in [-0.2, 0) is 4.79 Å². The Morgan fingerprint density at radius 1 is 1.30 bits per heavy atom. The molecule has 0 unspecified atom stereocenters. The van der Waals surface area contributed by atoms with Crippen molar-refractivity contribution < 1.29 is 13.6 Å². The van der Waals surface area contributed by atoms with E-state index in [2.05, 4.69) is 15.5 Å². The molecule has 1 heterocycles. The number of nitrogens with zero attached hydrogens (tertiary/aromatic N) is 1. The van der Waals surface area contributed by atoms with E-state index in [0.717, 1.165) is 51.0 Å². The maximum absolute atomic E-state index is 13.5. The molecule has 23 heavy (non-hydrogen) atoms. The molecule has 0 radical (unpaired) electrons. The Morgan fingerprint density at radius 2 is 2.00 bits per heavy atom. The quantitative estimate of drug-likeness (QED) is 0.831. The van der Waals surface area contributed by atoms with Crippen molar-refractivity contribution in [3.63, 3.8) is 0 Å². The third-order valence-electron chi connectivity index (χ3n) is 4.08. The molecule has 0 aromatic heterocycles. The molecule has 130 valence electrons. The molecule has 2 N–H and O–H groups in total. The summed E-state index contributed by atoms with van der Waals surface area (Å²) in [5.74, 6) is -0.959. The minimum atomic E-state index is -0.751. The van der Waals surface area contributed by atoms with E-state index >= 15 is 0 Å². The second-order valence-electron chi connectivity index (χ2n) is 5.78. The predicted molar refractivity (Wildman–Crippen MR) is 89.9 cm³/mol. The number of carbonyl (C=O) groups excluding carboxylic acids is 1. The van der Waals surface area contributed by atoms with Crippen LogP contribution in [0, 0.1) is 17.6 Å². The first-order valence-corrected chi connectivity index (χ1v) is 7.70. The summed E-state index contributed by atoms with van der Waals surface area (Å²) in [6.07, 6.45) is 3.33. The van der Waals surface area contributed by atoms with Gasteiger partial charge in [-0.25, -0.2) is 8.78 Å². The fraction of sp³-hybridized carbons (Fsp3) is 0.562. The second-order valence-corrected chi connectivity index (χ2v) is 5.78. The Kier molecular flexibility index (Phi) is 8.44. The van der Waals surface area contributed by atoms with Crippen molar-refractivity contribution in [2.75, 3.05) is 38.5 Å². The highest BCUT2D eigenvalue weighted by Gasteiger charge is 2.20. The predicted octanol–water partition coefficient (Wildman–Crippen LogP) is 2.65. The zero-order chi connectivity index (χ0) is 15.9. The summed E-state index contributed by atoms with van der Waals surface area (Å²) in [6.45, 7) is 3.03. The molecule has 0 spiro atoms. The monoisotopic (exact) mass is 347 g/mol. The van der Waals surface area contributed by atoms with Crippen molar-refractivity contribution in [3.8, 4) is 0 Å². The molecule has 0 atom stereocenters. The number of benzene rings is 1. The highest BCUT2D eigenvalue weighted by molar-refractivity contribution is 5.92. The lowest BCUT2D eigenvalue weighted by Crippen LogP contribution is -2.39. The summed E-state index contributed by atoms with van der Waals surface area (Å²) in [7, 11) is 1.95. The maximum atomic E-state index is 13.5. The van der Waals surface area contributed by atoms with Crippen molar-refractivity contribution in [2.45, 2.75) is 19.3 Å². The van der Waals surface area contributed by atoms with E-state index in [-0.39, 0.29) is 30.5 Å². The van der Waals surface area contributed by atoms with E-state index in [9.17, 15) is 13.6 Å². The Labute approximate surface area is 142 Å². The van der Waals surface area contributed by atoms with E-state index < -0.39 is 11.6 Å². The molecule has 0 bridgehead atoms. The summed E-state index contributed by atoms with van der Waals surface area (Å²) in [5.41, 5.74) is 0.0234. The van der Waals surface area contributed by atoms with Gasteiger partial charge in [0.2, 0.25) is 5.91 Å². The number of halogens is 3. The van der Waals surface area contributed by atoms with Crippen LogP contribution < -0.4 is 10.6 Å². The van der Waals surface area contributed by atoms with Crippen LogP contribution >= 0.6 is 12.4 Å². The fourth-order valence-corrected chi connectivity index (χ4v) is 2.77. The van der Waals surface area contributed by atoms with E-state index in [1.165, 1.54) is 6.07 Å². The summed E-state index contributed by atoms with van der Waals surface area (Å²) >= 11 is 0. The van der Waals surface area contributed by atoms with Gasteiger partial charge >= 0.3 is 0 Å². The van der Waals surface area contributed by atoms with Gasteiger partial charge in [-0.2, -0.15) is 0 Å². The molecule has 1 aliphatic heterocycles. The van der Waals surface area contributed by atoms with Gasteiger partial charge in [0.05, 0.1) is 12.2 Å². The van der Waals surface area contributed by atoms with Gasteiger partial charge in [-0.15, -0.1) is 12.4 Å². The molecule has 1 fully saturated rings. The number of amides is 1. The largest absolute Gasteiger partial charge is 0.322 e. The van der Waals surface area contributed by atoms with E-state index in [0.29, 0.717) is 5.92 Å². The number of hydrogen-bond acceptors (Lipinski definition) is 3. The molecule has 0 aliphatic carbocycles. The molecule has 7 heteroatoms. The van der Waals surface area contributed by atoms with Crippen LogP contribution in [-0.4, -0.2) is 44.0 Å². The number of nitrogens with one attached hydrogen (secondary N) is 2. The SMILES string of the molecule is CNCCC1CCN(CC(=O)Nc2ccc(F)cc2F)CC1.Cl. The molecule has 1 aromatic rings. The molecule has 1 aliphatic rings. The average molecular weight is 348 g/mol. The third kappa shape index (κ3) is 6.41. The van der Waals surface area contributed by atoms with Gasteiger partial charge < -0.3 is 10.6 Å². The van der Waals surface area contributed by atoms with Crippen molar-refractivity contribution in [1.82, 2.24) is 10.2 Å². The van der Waals surface area contributed by atoms with Crippen molar-refractivity contribution in [2.24, 2.45) is 5.92 Å². The number of likely N-dealkylation sites (tertiary alicyclic amines) is 1. The van der Waals surface area contributed by atoms with Crippen LogP contribution in [0.2, 0.25) is 0 Å². The van der Waals surface area contributed by atoms with Gasteiger partial charge in [0, 0.05) is 6.07 Å². The van der Waals surface area contributed by atoms with Crippen molar-refractivity contribution in [3.05, 3.63) is 29.8 Å². The molecular formula is C16H24ClF2N3O. The Bertz CT molecular complexity index is 508. The van der Waals surface area contributed by atoms with Gasteiger partial charge in [0.25, 0.3) is 0 Å². The highest BCUT2D eigenvalue weighted by atomic mass is 35.5. The molecule has 2 rings (SSSR count). The molecule has 1 saturated heterocycles. The van der Waals surface area contributed by atoms with Gasteiger partial charge in [-0.3, -0.25) is 9.69 Å². The molecule has 4 nitrogen and oxygen atoms in total.